The Labute approximate surface area is 135 Å². The molecular weight excluding hydrogens is 286 g/mol. The lowest BCUT2D eigenvalue weighted by Gasteiger charge is -2.18. The molecule has 0 atom stereocenters. The van der Waals surface area contributed by atoms with Gasteiger partial charge < -0.3 is 9.47 Å². The Balaban J connectivity index is 1.62. The zero-order chi connectivity index (χ0) is 15.6. The van der Waals surface area contributed by atoms with Crippen LogP contribution in [0.5, 0.6) is 11.5 Å². The van der Waals surface area contributed by atoms with Crippen LogP contribution in [-0.2, 0) is 0 Å². The van der Waals surface area contributed by atoms with Crippen LogP contribution in [0.25, 0.3) is 23.1 Å². The van der Waals surface area contributed by atoms with Gasteiger partial charge in [-0.2, -0.15) is 0 Å². The lowest BCUT2D eigenvalue weighted by atomic mass is 10.1. The van der Waals surface area contributed by atoms with E-state index in [1.54, 1.807) is 0 Å². The lowest BCUT2D eigenvalue weighted by molar-refractivity contribution is 0.171. The Bertz CT molecular complexity index is 899. The fraction of sp³-hybridized carbons (Fsp3) is 0.150. The van der Waals surface area contributed by atoms with E-state index in [0.29, 0.717) is 13.2 Å². The van der Waals surface area contributed by atoms with E-state index in [2.05, 4.69) is 36.2 Å². The molecule has 1 aliphatic heterocycles. The van der Waals surface area contributed by atoms with Crippen LogP contribution < -0.4 is 9.47 Å². The number of aryl methyl sites for hydroxylation is 1. The van der Waals surface area contributed by atoms with Gasteiger partial charge in [0.05, 0.1) is 11.2 Å². The molecule has 0 spiro atoms. The van der Waals surface area contributed by atoms with Gasteiger partial charge in [-0.3, -0.25) is 0 Å². The number of ether oxygens (including phenoxy) is 2. The Morgan fingerprint density at radius 2 is 1.74 bits per heavy atom. The molecule has 2 aromatic carbocycles. The molecule has 0 amide bonds. The highest BCUT2D eigenvalue weighted by molar-refractivity contribution is 5.81. The number of nitrogens with zero attached hydrogens (tertiary/aromatic N) is 1. The molecular formula is C20H17NO2. The predicted molar refractivity (Wildman–Crippen MR) is 92.8 cm³/mol. The van der Waals surface area contributed by atoms with E-state index in [4.69, 9.17) is 9.47 Å². The molecule has 0 N–H and O–H groups in total. The smallest absolute Gasteiger partial charge is 0.161 e. The average molecular weight is 303 g/mol. The number of benzene rings is 2. The van der Waals surface area contributed by atoms with Crippen molar-refractivity contribution >= 4 is 23.1 Å². The number of rotatable bonds is 2. The Kier molecular flexibility index (Phi) is 3.46. The second-order valence-electron chi connectivity index (χ2n) is 5.67. The first-order chi connectivity index (χ1) is 11.3. The number of fused-ring (bicyclic) bond motifs is 2. The summed E-state index contributed by atoms with van der Waals surface area (Å²) < 4.78 is 11.1. The van der Waals surface area contributed by atoms with E-state index in [9.17, 15) is 0 Å². The largest absolute Gasteiger partial charge is 0.486 e. The fourth-order valence-electron chi connectivity index (χ4n) is 2.70. The van der Waals surface area contributed by atoms with Crippen LogP contribution in [0.3, 0.4) is 0 Å². The molecule has 2 heterocycles. The molecule has 0 saturated heterocycles. The minimum atomic E-state index is 0.603. The van der Waals surface area contributed by atoms with Crippen LogP contribution in [0.4, 0.5) is 0 Å². The van der Waals surface area contributed by atoms with E-state index in [-0.39, 0.29) is 0 Å². The quantitative estimate of drug-likeness (QED) is 0.699. The van der Waals surface area contributed by atoms with E-state index >= 15 is 0 Å². The van der Waals surface area contributed by atoms with Gasteiger partial charge >= 0.3 is 0 Å². The molecule has 3 heteroatoms. The third-order valence-corrected chi connectivity index (χ3v) is 3.88. The SMILES string of the molecule is Cc1ccc2nc(/C=C/c3ccc4c(c3)OCCO4)ccc2c1. The number of hydrogen-bond donors (Lipinski definition) is 0. The van der Waals surface area contributed by atoms with Crippen molar-refractivity contribution < 1.29 is 9.47 Å². The molecule has 4 rings (SSSR count). The molecule has 23 heavy (non-hydrogen) atoms. The number of hydrogen-bond acceptors (Lipinski definition) is 3. The summed E-state index contributed by atoms with van der Waals surface area (Å²) >= 11 is 0. The van der Waals surface area contributed by atoms with Gasteiger partial charge in [0, 0.05) is 5.39 Å². The molecule has 1 aromatic heterocycles. The molecule has 0 radical (unpaired) electrons. The van der Waals surface area contributed by atoms with Gasteiger partial charge in [0.1, 0.15) is 13.2 Å². The summed E-state index contributed by atoms with van der Waals surface area (Å²) in [7, 11) is 0. The van der Waals surface area contributed by atoms with E-state index in [0.717, 1.165) is 28.3 Å². The average Bonchev–Trinajstić information content (AvgIpc) is 2.59. The first kappa shape index (κ1) is 13.8. The Hall–Kier alpha value is -2.81. The third-order valence-electron chi connectivity index (χ3n) is 3.88. The zero-order valence-corrected chi connectivity index (χ0v) is 13.0. The molecule has 3 aromatic rings. The fourth-order valence-corrected chi connectivity index (χ4v) is 2.70. The van der Waals surface area contributed by atoms with Crippen molar-refractivity contribution in [1.29, 1.82) is 0 Å². The summed E-state index contributed by atoms with van der Waals surface area (Å²) in [5, 5.41) is 1.17. The molecule has 0 aliphatic carbocycles. The summed E-state index contributed by atoms with van der Waals surface area (Å²) in [4.78, 5) is 4.68. The number of pyridine rings is 1. The molecule has 0 bridgehead atoms. The maximum absolute atomic E-state index is 5.61. The molecule has 0 saturated carbocycles. The first-order valence-electron chi connectivity index (χ1n) is 7.73. The number of aromatic nitrogens is 1. The highest BCUT2D eigenvalue weighted by atomic mass is 16.6. The highest BCUT2D eigenvalue weighted by Gasteiger charge is 2.10. The van der Waals surface area contributed by atoms with Crippen LogP contribution in [0.1, 0.15) is 16.8 Å². The molecule has 0 fully saturated rings. The molecule has 0 unspecified atom stereocenters. The first-order valence-corrected chi connectivity index (χ1v) is 7.73. The van der Waals surface area contributed by atoms with Crippen molar-refractivity contribution in [3.05, 3.63) is 65.4 Å². The second-order valence-corrected chi connectivity index (χ2v) is 5.67. The van der Waals surface area contributed by atoms with Gasteiger partial charge in [0.25, 0.3) is 0 Å². The maximum Gasteiger partial charge on any atom is 0.161 e. The Morgan fingerprint density at radius 1 is 0.870 bits per heavy atom. The second kappa shape index (κ2) is 5.76. The van der Waals surface area contributed by atoms with Crippen LogP contribution in [0.2, 0.25) is 0 Å². The molecule has 3 nitrogen and oxygen atoms in total. The maximum atomic E-state index is 5.61. The summed E-state index contributed by atoms with van der Waals surface area (Å²) in [6, 6.07) is 16.4. The van der Waals surface area contributed by atoms with Crippen molar-refractivity contribution in [1.82, 2.24) is 4.98 Å². The van der Waals surface area contributed by atoms with E-state index < -0.39 is 0 Å². The van der Waals surface area contributed by atoms with Crippen molar-refractivity contribution in [2.24, 2.45) is 0 Å². The van der Waals surface area contributed by atoms with E-state index in [1.807, 2.05) is 36.4 Å². The van der Waals surface area contributed by atoms with Crippen molar-refractivity contribution in [3.8, 4) is 11.5 Å². The minimum Gasteiger partial charge on any atom is -0.486 e. The van der Waals surface area contributed by atoms with Crippen LogP contribution in [0.15, 0.2) is 48.5 Å². The highest BCUT2D eigenvalue weighted by Crippen LogP contribution is 2.31. The van der Waals surface area contributed by atoms with E-state index in [1.165, 1.54) is 10.9 Å². The van der Waals surface area contributed by atoms with Gasteiger partial charge in [-0.1, -0.05) is 29.8 Å². The van der Waals surface area contributed by atoms with Gasteiger partial charge in [0.2, 0.25) is 0 Å². The van der Waals surface area contributed by atoms with Crippen LogP contribution >= 0.6 is 0 Å². The summed E-state index contributed by atoms with van der Waals surface area (Å²) in [6.45, 7) is 3.31. The monoisotopic (exact) mass is 303 g/mol. The summed E-state index contributed by atoms with van der Waals surface area (Å²) in [6.07, 6.45) is 4.06. The van der Waals surface area contributed by atoms with Gasteiger partial charge in [-0.05, 0) is 48.9 Å². The standard InChI is InChI=1S/C20H17NO2/c1-14-2-8-18-16(12-14)5-7-17(21-18)6-3-15-4-9-19-20(13-15)23-11-10-22-19/h2-9,12-13H,10-11H2,1H3/b6-3+. The predicted octanol–water partition coefficient (Wildman–Crippen LogP) is 4.48. The third kappa shape index (κ3) is 2.90. The molecule has 114 valence electrons. The normalized spacial score (nSPS) is 13.6. The zero-order valence-electron chi connectivity index (χ0n) is 13.0. The van der Waals surface area contributed by atoms with Crippen LogP contribution in [0, 0.1) is 6.92 Å². The Morgan fingerprint density at radius 3 is 2.65 bits per heavy atom. The van der Waals surface area contributed by atoms with Gasteiger partial charge in [-0.15, -0.1) is 0 Å². The lowest BCUT2D eigenvalue weighted by Crippen LogP contribution is -2.15. The van der Waals surface area contributed by atoms with Crippen LogP contribution in [-0.4, -0.2) is 18.2 Å². The summed E-state index contributed by atoms with van der Waals surface area (Å²) in [5.74, 6) is 1.62. The van der Waals surface area contributed by atoms with Gasteiger partial charge in [-0.25, -0.2) is 4.98 Å². The van der Waals surface area contributed by atoms with Gasteiger partial charge in [0.15, 0.2) is 11.5 Å². The topological polar surface area (TPSA) is 31.4 Å². The summed E-state index contributed by atoms with van der Waals surface area (Å²) in [5.41, 5.74) is 4.27. The minimum absolute atomic E-state index is 0.603. The van der Waals surface area contributed by atoms with Crippen molar-refractivity contribution in [2.45, 2.75) is 6.92 Å². The molecule has 1 aliphatic rings. The van der Waals surface area contributed by atoms with Crippen molar-refractivity contribution in [2.75, 3.05) is 13.2 Å². The van der Waals surface area contributed by atoms with Crippen molar-refractivity contribution in [3.63, 3.8) is 0 Å².